The lowest BCUT2D eigenvalue weighted by atomic mass is 9.91. The van der Waals surface area contributed by atoms with Crippen LogP contribution in [0.3, 0.4) is 0 Å². The Kier molecular flexibility index (Phi) is 3.56. The Hall–Kier alpha value is 0.400. The predicted molar refractivity (Wildman–Crippen MR) is 56.4 cm³/mol. The molecule has 0 aromatic rings. The quantitative estimate of drug-likeness (QED) is 0.585. The summed E-state index contributed by atoms with van der Waals surface area (Å²) in [5, 5.41) is 0. The molecule has 0 bridgehead atoms. The van der Waals surface area contributed by atoms with Gasteiger partial charge in [0.15, 0.2) is 0 Å². The molecule has 3 heteroatoms. The molecule has 1 heterocycles. The fourth-order valence-electron chi connectivity index (χ4n) is 1.57. The molecule has 1 saturated heterocycles. The van der Waals surface area contributed by atoms with Crippen LogP contribution in [0.15, 0.2) is 0 Å². The fourth-order valence-corrected chi connectivity index (χ4v) is 1.98. The topological polar surface area (TPSA) is 29.3 Å². The summed E-state index contributed by atoms with van der Waals surface area (Å²) in [7, 11) is 0. The van der Waals surface area contributed by atoms with Crippen LogP contribution in [0, 0.1) is 0 Å². The van der Waals surface area contributed by atoms with Gasteiger partial charge in [0.25, 0.3) is 0 Å². The standard InChI is InChI=1S/C9H19BrN2/c1-3-8(10)12-6-4-9(2,11)5-7-12/h8H,3-7,11H2,1-2H3. The molecule has 12 heavy (non-hydrogen) atoms. The molecule has 0 radical (unpaired) electrons. The average Bonchev–Trinajstić information content (AvgIpc) is 2.03. The van der Waals surface area contributed by atoms with Crippen LogP contribution in [0.1, 0.15) is 33.1 Å². The maximum absolute atomic E-state index is 6.04. The van der Waals surface area contributed by atoms with E-state index in [2.05, 4.69) is 34.7 Å². The van der Waals surface area contributed by atoms with Crippen molar-refractivity contribution < 1.29 is 0 Å². The monoisotopic (exact) mass is 234 g/mol. The maximum atomic E-state index is 6.04. The summed E-state index contributed by atoms with van der Waals surface area (Å²) in [4.78, 5) is 3.02. The van der Waals surface area contributed by atoms with Crippen molar-refractivity contribution in [2.24, 2.45) is 5.73 Å². The molecule has 2 N–H and O–H groups in total. The number of likely N-dealkylation sites (tertiary alicyclic amines) is 1. The molecular formula is C9H19BrN2. The van der Waals surface area contributed by atoms with E-state index >= 15 is 0 Å². The highest BCUT2D eigenvalue weighted by Gasteiger charge is 2.27. The van der Waals surface area contributed by atoms with Gasteiger partial charge in [-0.05, 0) is 26.2 Å². The van der Waals surface area contributed by atoms with Gasteiger partial charge in [-0.1, -0.05) is 22.9 Å². The molecule has 0 aromatic heterocycles. The molecule has 0 amide bonds. The van der Waals surface area contributed by atoms with E-state index in [1.54, 1.807) is 0 Å². The van der Waals surface area contributed by atoms with E-state index in [1.165, 1.54) is 6.42 Å². The largest absolute Gasteiger partial charge is 0.325 e. The Morgan fingerprint density at radius 2 is 2.00 bits per heavy atom. The fraction of sp³-hybridized carbons (Fsp3) is 1.00. The summed E-state index contributed by atoms with van der Waals surface area (Å²) < 4.78 is 0. The molecule has 0 aromatic carbocycles. The van der Waals surface area contributed by atoms with Crippen LogP contribution in [0.5, 0.6) is 0 Å². The summed E-state index contributed by atoms with van der Waals surface area (Å²) in [6, 6.07) is 0. The van der Waals surface area contributed by atoms with Crippen LogP contribution in [0.4, 0.5) is 0 Å². The average molecular weight is 235 g/mol. The molecule has 1 aliphatic heterocycles. The number of hydrogen-bond donors (Lipinski definition) is 1. The van der Waals surface area contributed by atoms with Crippen molar-refractivity contribution in [3.8, 4) is 0 Å². The predicted octanol–water partition coefficient (Wildman–Crippen LogP) is 1.93. The van der Waals surface area contributed by atoms with Gasteiger partial charge in [0.2, 0.25) is 0 Å². The molecule has 1 aliphatic rings. The normalized spacial score (nSPS) is 27.0. The highest BCUT2D eigenvalue weighted by Crippen LogP contribution is 2.23. The molecule has 2 nitrogen and oxygen atoms in total. The summed E-state index contributed by atoms with van der Waals surface area (Å²) >= 11 is 3.66. The number of nitrogens with two attached hydrogens (primary N) is 1. The Balaban J connectivity index is 2.36. The van der Waals surface area contributed by atoms with Crippen LogP contribution < -0.4 is 5.73 Å². The third-order valence-electron chi connectivity index (χ3n) is 2.67. The SMILES string of the molecule is CCC(Br)N1CCC(C)(N)CC1. The van der Waals surface area contributed by atoms with Gasteiger partial charge in [0.05, 0.1) is 4.95 Å². The highest BCUT2D eigenvalue weighted by molar-refractivity contribution is 9.09. The number of halogens is 1. The number of nitrogens with zero attached hydrogens (tertiary/aromatic N) is 1. The summed E-state index contributed by atoms with van der Waals surface area (Å²) in [5.41, 5.74) is 6.12. The molecule has 1 fully saturated rings. The van der Waals surface area contributed by atoms with Gasteiger partial charge in [0.1, 0.15) is 0 Å². The van der Waals surface area contributed by atoms with E-state index < -0.39 is 0 Å². The molecule has 0 aliphatic carbocycles. The van der Waals surface area contributed by atoms with E-state index in [4.69, 9.17) is 5.73 Å². The zero-order valence-electron chi connectivity index (χ0n) is 8.02. The smallest absolute Gasteiger partial charge is 0.0653 e. The van der Waals surface area contributed by atoms with Crippen molar-refractivity contribution in [3.63, 3.8) is 0 Å². The third-order valence-corrected chi connectivity index (χ3v) is 3.90. The van der Waals surface area contributed by atoms with Gasteiger partial charge in [-0.15, -0.1) is 0 Å². The van der Waals surface area contributed by atoms with Gasteiger partial charge < -0.3 is 5.73 Å². The zero-order chi connectivity index (χ0) is 9.19. The number of rotatable bonds is 2. The molecular weight excluding hydrogens is 216 g/mol. The Bertz CT molecular complexity index is 137. The third kappa shape index (κ3) is 2.71. The maximum Gasteiger partial charge on any atom is 0.0653 e. The van der Waals surface area contributed by atoms with Crippen molar-refractivity contribution in [3.05, 3.63) is 0 Å². The Morgan fingerprint density at radius 1 is 1.50 bits per heavy atom. The van der Waals surface area contributed by atoms with Crippen molar-refractivity contribution in [2.75, 3.05) is 13.1 Å². The Labute approximate surface area is 83.6 Å². The molecule has 1 rings (SSSR count). The van der Waals surface area contributed by atoms with E-state index in [-0.39, 0.29) is 5.54 Å². The van der Waals surface area contributed by atoms with E-state index in [0.29, 0.717) is 4.95 Å². The second-order valence-electron chi connectivity index (χ2n) is 4.03. The summed E-state index contributed by atoms with van der Waals surface area (Å²) in [6.45, 7) is 6.63. The first kappa shape index (κ1) is 10.5. The van der Waals surface area contributed by atoms with Gasteiger partial charge in [0, 0.05) is 18.6 Å². The first-order valence-corrected chi connectivity index (χ1v) is 5.64. The minimum atomic E-state index is 0.0803. The lowest BCUT2D eigenvalue weighted by Crippen LogP contribution is -2.49. The lowest BCUT2D eigenvalue weighted by molar-refractivity contribution is 0.161. The zero-order valence-corrected chi connectivity index (χ0v) is 9.60. The van der Waals surface area contributed by atoms with Crippen molar-refractivity contribution in [1.29, 1.82) is 0 Å². The summed E-state index contributed by atoms with van der Waals surface area (Å²) in [5.74, 6) is 0. The van der Waals surface area contributed by atoms with Crippen molar-refractivity contribution in [1.82, 2.24) is 4.90 Å². The van der Waals surface area contributed by atoms with Gasteiger partial charge in [-0.3, -0.25) is 4.90 Å². The molecule has 0 spiro atoms. The highest BCUT2D eigenvalue weighted by atomic mass is 79.9. The van der Waals surface area contributed by atoms with Crippen LogP contribution in [0.2, 0.25) is 0 Å². The van der Waals surface area contributed by atoms with E-state index in [1.807, 2.05) is 0 Å². The van der Waals surface area contributed by atoms with Crippen molar-refractivity contribution >= 4 is 15.9 Å². The van der Waals surface area contributed by atoms with E-state index in [9.17, 15) is 0 Å². The summed E-state index contributed by atoms with van der Waals surface area (Å²) in [6.07, 6.45) is 3.41. The molecule has 72 valence electrons. The molecule has 1 atom stereocenters. The van der Waals surface area contributed by atoms with Crippen LogP contribution in [-0.2, 0) is 0 Å². The molecule has 1 unspecified atom stereocenters. The van der Waals surface area contributed by atoms with Crippen LogP contribution in [0.25, 0.3) is 0 Å². The second-order valence-corrected chi connectivity index (χ2v) is 5.09. The number of piperidine rings is 1. The molecule has 0 saturated carbocycles. The van der Waals surface area contributed by atoms with E-state index in [0.717, 1.165) is 25.9 Å². The number of alkyl halides is 1. The number of hydrogen-bond acceptors (Lipinski definition) is 2. The van der Waals surface area contributed by atoms with Crippen LogP contribution >= 0.6 is 15.9 Å². The lowest BCUT2D eigenvalue weighted by Gasteiger charge is -2.38. The minimum Gasteiger partial charge on any atom is -0.325 e. The first-order valence-electron chi connectivity index (χ1n) is 4.72. The Morgan fingerprint density at radius 3 is 2.42 bits per heavy atom. The first-order chi connectivity index (χ1) is 5.55. The van der Waals surface area contributed by atoms with Gasteiger partial charge in [-0.25, -0.2) is 0 Å². The minimum absolute atomic E-state index is 0.0803. The van der Waals surface area contributed by atoms with Gasteiger partial charge >= 0.3 is 0 Å². The van der Waals surface area contributed by atoms with Crippen molar-refractivity contribution in [2.45, 2.75) is 43.6 Å². The second kappa shape index (κ2) is 4.07. The van der Waals surface area contributed by atoms with Crippen LogP contribution in [-0.4, -0.2) is 28.5 Å². The van der Waals surface area contributed by atoms with Gasteiger partial charge in [-0.2, -0.15) is 0 Å².